The average Bonchev–Trinajstić information content (AvgIpc) is 3.20. The molecule has 1 aliphatic carbocycles. The van der Waals surface area contributed by atoms with E-state index in [0.717, 1.165) is 60.3 Å². The normalized spacial score (nSPS) is 25.1. The van der Waals surface area contributed by atoms with Crippen molar-refractivity contribution in [2.75, 3.05) is 26.2 Å². The number of benzene rings is 3. The Kier molecular flexibility index (Phi) is 6.06. The third kappa shape index (κ3) is 3.91. The van der Waals surface area contributed by atoms with Crippen LogP contribution in [0.1, 0.15) is 43.2 Å². The molecule has 3 heterocycles. The molecule has 0 spiro atoms. The van der Waals surface area contributed by atoms with Gasteiger partial charge in [-0.2, -0.15) is 0 Å². The Bertz CT molecular complexity index is 1190. The molecule has 186 valence electrons. The number of carbonyl (C=O) groups excluding carboxylic acids is 1. The fourth-order valence-corrected chi connectivity index (χ4v) is 6.57. The van der Waals surface area contributed by atoms with E-state index < -0.39 is 11.6 Å². The van der Waals surface area contributed by atoms with Gasteiger partial charge in [0.1, 0.15) is 5.75 Å². The number of carbonyl (C=O) groups is 1. The highest BCUT2D eigenvalue weighted by molar-refractivity contribution is 5.96. The number of unbranched alkanes of at least 4 members (excludes halogenated alkanes) is 1. The molecular formula is C31H34NO4+. The Balaban J connectivity index is 1.17. The number of para-hydroxylation sites is 1. The van der Waals surface area contributed by atoms with Crippen LogP contribution in [0.15, 0.2) is 78.9 Å². The van der Waals surface area contributed by atoms with E-state index in [9.17, 15) is 9.90 Å². The minimum Gasteiger partial charge on any atom is -0.494 e. The van der Waals surface area contributed by atoms with Gasteiger partial charge in [0.05, 0.1) is 26.2 Å². The average molecular weight is 485 g/mol. The smallest absolute Gasteiger partial charge is 0.352 e. The summed E-state index contributed by atoms with van der Waals surface area (Å²) in [5.41, 5.74) is 1.28. The van der Waals surface area contributed by atoms with E-state index in [4.69, 9.17) is 9.47 Å². The third-order valence-corrected chi connectivity index (χ3v) is 8.58. The van der Waals surface area contributed by atoms with Crippen LogP contribution in [0.4, 0.5) is 0 Å². The van der Waals surface area contributed by atoms with E-state index in [-0.39, 0.29) is 6.23 Å². The summed E-state index contributed by atoms with van der Waals surface area (Å²) in [6, 6.07) is 25.2. The van der Waals surface area contributed by atoms with Crippen LogP contribution in [0.2, 0.25) is 0 Å². The van der Waals surface area contributed by atoms with Crippen molar-refractivity contribution in [1.82, 2.24) is 0 Å². The third-order valence-electron chi connectivity index (χ3n) is 8.58. The lowest BCUT2D eigenvalue weighted by molar-refractivity contribution is -0.984. The van der Waals surface area contributed by atoms with Crippen molar-refractivity contribution in [2.24, 2.45) is 5.92 Å². The lowest BCUT2D eigenvalue weighted by atomic mass is 9.83. The predicted molar refractivity (Wildman–Crippen MR) is 138 cm³/mol. The highest BCUT2D eigenvalue weighted by Crippen LogP contribution is 2.49. The lowest BCUT2D eigenvalue weighted by Gasteiger charge is -2.53. The summed E-state index contributed by atoms with van der Waals surface area (Å²) in [5, 5.41) is 11.9. The number of esters is 1. The Morgan fingerprint density at radius 2 is 1.47 bits per heavy atom. The maximum Gasteiger partial charge on any atom is 0.352 e. The largest absolute Gasteiger partial charge is 0.494 e. The van der Waals surface area contributed by atoms with E-state index in [1.54, 1.807) is 0 Å². The highest BCUT2D eigenvalue weighted by atomic mass is 16.6. The van der Waals surface area contributed by atoms with Crippen LogP contribution in [0.5, 0.6) is 5.75 Å². The Labute approximate surface area is 212 Å². The van der Waals surface area contributed by atoms with Gasteiger partial charge < -0.3 is 14.6 Å². The summed E-state index contributed by atoms with van der Waals surface area (Å²) in [4.78, 5) is 13.8. The fraction of sp³-hybridized carbons (Fsp3) is 0.387. The van der Waals surface area contributed by atoms with E-state index in [1.807, 2.05) is 78.9 Å². The van der Waals surface area contributed by atoms with Crippen LogP contribution in [-0.4, -0.2) is 48.0 Å². The summed E-state index contributed by atoms with van der Waals surface area (Å²) >= 11 is 0. The van der Waals surface area contributed by atoms with Gasteiger partial charge >= 0.3 is 5.97 Å². The van der Waals surface area contributed by atoms with Crippen molar-refractivity contribution in [1.29, 1.82) is 0 Å². The molecule has 3 saturated heterocycles. The number of hydrogen-bond acceptors (Lipinski definition) is 4. The van der Waals surface area contributed by atoms with Crippen molar-refractivity contribution in [3.05, 3.63) is 90.0 Å². The van der Waals surface area contributed by atoms with Gasteiger partial charge in [0, 0.05) is 30.4 Å². The summed E-state index contributed by atoms with van der Waals surface area (Å²) in [6.45, 7) is 3.72. The van der Waals surface area contributed by atoms with Gasteiger partial charge in [-0.05, 0) is 42.0 Å². The second kappa shape index (κ2) is 9.38. The molecule has 2 bridgehead atoms. The van der Waals surface area contributed by atoms with Gasteiger partial charge in [-0.15, -0.1) is 0 Å². The number of fused-ring (bicyclic) bond motifs is 6. The summed E-state index contributed by atoms with van der Waals surface area (Å²) < 4.78 is 13.0. The zero-order valence-electron chi connectivity index (χ0n) is 20.6. The summed E-state index contributed by atoms with van der Waals surface area (Å²) in [5.74, 6) is 0.963. The lowest BCUT2D eigenvalue weighted by Crippen LogP contribution is -2.66. The molecule has 1 N–H and O–H groups in total. The van der Waals surface area contributed by atoms with Crippen molar-refractivity contribution >= 4 is 5.97 Å². The van der Waals surface area contributed by atoms with Crippen molar-refractivity contribution in [3.63, 3.8) is 0 Å². The van der Waals surface area contributed by atoms with E-state index in [1.165, 1.54) is 12.8 Å². The fourth-order valence-electron chi connectivity index (χ4n) is 6.57. The molecule has 0 unspecified atom stereocenters. The minimum absolute atomic E-state index is 0.205. The van der Waals surface area contributed by atoms with Crippen molar-refractivity contribution < 1.29 is 23.9 Å². The van der Waals surface area contributed by atoms with Gasteiger partial charge in [0.15, 0.2) is 0 Å². The highest BCUT2D eigenvalue weighted by Gasteiger charge is 2.54. The van der Waals surface area contributed by atoms with Crippen LogP contribution in [0.25, 0.3) is 11.1 Å². The second-order valence-electron chi connectivity index (χ2n) is 10.6. The zero-order chi connectivity index (χ0) is 24.6. The molecule has 4 aliphatic rings. The first kappa shape index (κ1) is 23.3. The van der Waals surface area contributed by atoms with Gasteiger partial charge in [-0.3, -0.25) is 4.48 Å². The van der Waals surface area contributed by atoms with Crippen molar-refractivity contribution in [2.45, 2.75) is 43.9 Å². The molecule has 0 radical (unpaired) electrons. The number of quaternary nitrogens is 1. The number of nitrogens with zero attached hydrogens (tertiary/aromatic N) is 1. The molecule has 5 heteroatoms. The van der Waals surface area contributed by atoms with Crippen LogP contribution < -0.4 is 4.74 Å². The van der Waals surface area contributed by atoms with E-state index in [0.29, 0.717) is 23.7 Å². The van der Waals surface area contributed by atoms with Crippen LogP contribution >= 0.6 is 0 Å². The van der Waals surface area contributed by atoms with Crippen LogP contribution in [0, 0.1) is 5.92 Å². The number of piperidine rings is 3. The van der Waals surface area contributed by atoms with Crippen molar-refractivity contribution in [3.8, 4) is 16.9 Å². The Morgan fingerprint density at radius 1 is 0.861 bits per heavy atom. The first-order valence-corrected chi connectivity index (χ1v) is 13.3. The molecule has 5 nitrogen and oxygen atoms in total. The molecule has 3 aromatic rings. The topological polar surface area (TPSA) is 55.8 Å². The molecule has 0 aromatic heterocycles. The zero-order valence-corrected chi connectivity index (χ0v) is 20.6. The molecule has 7 rings (SSSR count). The Morgan fingerprint density at radius 3 is 2.14 bits per heavy atom. The number of ether oxygens (including phenoxy) is 2. The van der Waals surface area contributed by atoms with Gasteiger partial charge in [0.25, 0.3) is 0 Å². The van der Waals surface area contributed by atoms with E-state index in [2.05, 4.69) is 0 Å². The predicted octanol–water partition coefficient (Wildman–Crippen LogP) is 5.26. The molecule has 3 aliphatic heterocycles. The summed E-state index contributed by atoms with van der Waals surface area (Å²) in [6.07, 6.45) is 5.02. The minimum atomic E-state index is -1.77. The SMILES string of the molecule is O=C(O[C@@H]1CC2CC[N+]1(CCCCOc1ccccc1)CC2)C1(O)c2ccccc2-c2ccccc21. The standard InChI is InChI=1S/C31H34NO4/c33-30(31(34)27-14-6-4-12-25(27)26-13-5-7-15-28(26)31)36-29-22-23-16-19-32(29,20-17-23)18-8-9-21-35-24-10-2-1-3-11-24/h1-7,10-15,23,29,34H,8-9,16-22H2/q+1/t23?,29-,32?/m1/s1. The maximum absolute atomic E-state index is 13.8. The maximum atomic E-state index is 13.8. The summed E-state index contributed by atoms with van der Waals surface area (Å²) in [7, 11) is 0. The van der Waals surface area contributed by atoms with Gasteiger partial charge in [0.2, 0.25) is 11.8 Å². The second-order valence-corrected chi connectivity index (χ2v) is 10.6. The van der Waals surface area contributed by atoms with Crippen LogP contribution in [-0.2, 0) is 15.1 Å². The first-order valence-electron chi connectivity index (χ1n) is 13.3. The number of rotatable bonds is 8. The van der Waals surface area contributed by atoms with Gasteiger partial charge in [-0.1, -0.05) is 66.7 Å². The molecule has 0 saturated carbocycles. The molecule has 1 atom stereocenters. The first-order chi connectivity index (χ1) is 17.6. The molecule has 36 heavy (non-hydrogen) atoms. The molecule has 3 aromatic carbocycles. The molecule has 0 amide bonds. The van der Waals surface area contributed by atoms with Crippen LogP contribution in [0.3, 0.4) is 0 Å². The number of aliphatic hydroxyl groups is 1. The molecular weight excluding hydrogens is 450 g/mol. The molecule has 3 fully saturated rings. The van der Waals surface area contributed by atoms with Gasteiger partial charge in [-0.25, -0.2) is 4.79 Å². The number of hydrogen-bond donors (Lipinski definition) is 1. The quantitative estimate of drug-likeness (QED) is 0.269. The van der Waals surface area contributed by atoms with E-state index >= 15 is 0 Å². The Hall–Kier alpha value is -3.15. The monoisotopic (exact) mass is 484 g/mol.